The first-order valence-electron chi connectivity index (χ1n) is 12.4. The minimum atomic E-state index is -0.185. The Bertz CT molecular complexity index is 1440. The lowest BCUT2D eigenvalue weighted by atomic mass is 9.58. The van der Waals surface area contributed by atoms with Gasteiger partial charge in [0.25, 0.3) is 0 Å². The van der Waals surface area contributed by atoms with Crippen LogP contribution in [-0.4, -0.2) is 47.0 Å². The highest BCUT2D eigenvalue weighted by atomic mass is 16.3. The van der Waals surface area contributed by atoms with Crippen molar-refractivity contribution in [3.05, 3.63) is 76.2 Å². The van der Waals surface area contributed by atoms with Crippen LogP contribution < -0.4 is 11.0 Å². The van der Waals surface area contributed by atoms with Crippen LogP contribution in [0.15, 0.2) is 47.8 Å². The summed E-state index contributed by atoms with van der Waals surface area (Å²) in [6.07, 6.45) is 9.74. The quantitative estimate of drug-likeness (QED) is 0.381. The Morgan fingerprint density at radius 3 is 2.74 bits per heavy atom. The Morgan fingerprint density at radius 2 is 2.06 bits per heavy atom. The van der Waals surface area contributed by atoms with E-state index in [1.54, 1.807) is 15.3 Å². The average Bonchev–Trinajstić information content (AvgIpc) is 3.52. The second-order valence-corrected chi connectivity index (χ2v) is 10.2. The lowest BCUT2D eigenvalue weighted by Crippen LogP contribution is -2.43. The standard InChI is InChI=1S/C26H31N7O2/c1-17-11-26(12-17,24-30-28-16-31(24)2)19-4-3-5-21(10-19)32-15-22-23(18-6-7-18)29-20(13-27-8-9-34)14-33(22)25(32)35/h3-5,10,14-18,27,34H,6-9,11-13H2,1-2H3. The number of aryl methyl sites for hydroxylation is 1. The Balaban J connectivity index is 1.44. The molecule has 0 radical (unpaired) electrons. The van der Waals surface area contributed by atoms with Crippen LogP contribution in [0.4, 0.5) is 0 Å². The molecule has 0 amide bonds. The van der Waals surface area contributed by atoms with Crippen molar-refractivity contribution < 1.29 is 5.11 Å². The molecule has 9 heteroatoms. The number of imidazole rings is 1. The second kappa shape index (κ2) is 8.42. The number of rotatable bonds is 8. The number of aliphatic hydroxyl groups excluding tert-OH is 1. The third kappa shape index (κ3) is 3.70. The molecule has 6 rings (SSSR count). The molecule has 0 atom stereocenters. The number of aromatic nitrogens is 6. The minimum Gasteiger partial charge on any atom is -0.395 e. The first kappa shape index (κ1) is 22.2. The lowest BCUT2D eigenvalue weighted by Gasteiger charge is -2.46. The molecule has 9 nitrogen and oxygen atoms in total. The molecule has 2 N–H and O–H groups in total. The van der Waals surface area contributed by atoms with Gasteiger partial charge in [0.2, 0.25) is 0 Å². The molecule has 0 unspecified atom stereocenters. The highest BCUT2D eigenvalue weighted by Crippen LogP contribution is 2.51. The molecule has 0 aliphatic heterocycles. The molecule has 0 bridgehead atoms. The topological polar surface area (TPSA) is 102 Å². The second-order valence-electron chi connectivity index (χ2n) is 10.2. The molecular formula is C26H31N7O2. The Kier molecular flexibility index (Phi) is 5.34. The average molecular weight is 474 g/mol. The third-order valence-corrected chi connectivity index (χ3v) is 7.50. The summed E-state index contributed by atoms with van der Waals surface area (Å²) >= 11 is 0. The maximum Gasteiger partial charge on any atom is 0.337 e. The fourth-order valence-electron chi connectivity index (χ4n) is 5.73. The fourth-order valence-corrected chi connectivity index (χ4v) is 5.73. The molecule has 3 heterocycles. The van der Waals surface area contributed by atoms with Crippen molar-refractivity contribution in [3.8, 4) is 5.69 Å². The molecule has 2 aliphatic rings. The van der Waals surface area contributed by atoms with Crippen molar-refractivity contribution in [2.45, 2.75) is 50.5 Å². The van der Waals surface area contributed by atoms with E-state index in [0.29, 0.717) is 24.9 Å². The monoisotopic (exact) mass is 473 g/mol. The van der Waals surface area contributed by atoms with E-state index in [0.717, 1.165) is 54.1 Å². The largest absolute Gasteiger partial charge is 0.395 e. The van der Waals surface area contributed by atoms with Gasteiger partial charge in [-0.25, -0.2) is 4.79 Å². The van der Waals surface area contributed by atoms with Crippen LogP contribution in [0, 0.1) is 5.92 Å². The number of aliphatic hydroxyl groups is 1. The van der Waals surface area contributed by atoms with Crippen LogP contribution in [0.2, 0.25) is 0 Å². The third-order valence-electron chi connectivity index (χ3n) is 7.50. The van der Waals surface area contributed by atoms with Crippen molar-refractivity contribution in [1.82, 2.24) is 34.0 Å². The lowest BCUT2D eigenvalue weighted by molar-refractivity contribution is 0.185. The van der Waals surface area contributed by atoms with Gasteiger partial charge in [0.1, 0.15) is 12.2 Å². The van der Waals surface area contributed by atoms with Gasteiger partial charge in [-0.05, 0) is 49.3 Å². The molecule has 182 valence electrons. The Hall–Kier alpha value is -3.30. The summed E-state index contributed by atoms with van der Waals surface area (Å²) in [5.41, 5.74) is 4.40. The van der Waals surface area contributed by atoms with Crippen LogP contribution in [0.25, 0.3) is 11.2 Å². The van der Waals surface area contributed by atoms with E-state index >= 15 is 0 Å². The van der Waals surface area contributed by atoms with Crippen LogP contribution in [0.1, 0.15) is 61.3 Å². The summed E-state index contributed by atoms with van der Waals surface area (Å²) in [5.74, 6) is 1.99. The number of nitrogens with one attached hydrogen (secondary N) is 1. The number of hydrogen-bond acceptors (Lipinski definition) is 6. The van der Waals surface area contributed by atoms with Crippen LogP contribution in [0.5, 0.6) is 0 Å². The van der Waals surface area contributed by atoms with E-state index in [-0.39, 0.29) is 17.7 Å². The van der Waals surface area contributed by atoms with Gasteiger partial charge < -0.3 is 15.0 Å². The predicted molar refractivity (Wildman–Crippen MR) is 132 cm³/mol. The molecule has 4 aromatic rings. The summed E-state index contributed by atoms with van der Waals surface area (Å²) in [5, 5.41) is 20.9. The summed E-state index contributed by atoms with van der Waals surface area (Å²) < 4.78 is 5.48. The van der Waals surface area contributed by atoms with E-state index < -0.39 is 0 Å². The minimum absolute atomic E-state index is 0.0685. The van der Waals surface area contributed by atoms with Gasteiger partial charge in [0, 0.05) is 38.4 Å². The van der Waals surface area contributed by atoms with Crippen LogP contribution in [-0.2, 0) is 19.0 Å². The SMILES string of the molecule is CC1CC(c2cccc(-n3cc4c(C5CC5)nc(CNCCO)cn4c3=O)c2)(c2nncn2C)C1. The van der Waals surface area contributed by atoms with Crippen molar-refractivity contribution in [2.75, 3.05) is 13.2 Å². The molecule has 2 saturated carbocycles. The van der Waals surface area contributed by atoms with Gasteiger partial charge >= 0.3 is 5.69 Å². The zero-order valence-corrected chi connectivity index (χ0v) is 20.2. The summed E-state index contributed by atoms with van der Waals surface area (Å²) in [6.45, 7) is 3.34. The van der Waals surface area contributed by atoms with E-state index in [1.807, 2.05) is 36.1 Å². The molecule has 0 saturated heterocycles. The highest BCUT2D eigenvalue weighted by Gasteiger charge is 2.48. The maximum absolute atomic E-state index is 13.6. The van der Waals surface area contributed by atoms with Crippen molar-refractivity contribution in [3.63, 3.8) is 0 Å². The van der Waals surface area contributed by atoms with Crippen LogP contribution in [0.3, 0.4) is 0 Å². The van der Waals surface area contributed by atoms with E-state index in [9.17, 15) is 4.79 Å². The summed E-state index contributed by atoms with van der Waals surface area (Å²) in [4.78, 5) is 18.5. The van der Waals surface area contributed by atoms with Gasteiger partial charge in [-0.1, -0.05) is 19.1 Å². The van der Waals surface area contributed by atoms with Crippen LogP contribution >= 0.6 is 0 Å². The Labute approximate surface area is 203 Å². The zero-order chi connectivity index (χ0) is 24.2. The van der Waals surface area contributed by atoms with Crippen molar-refractivity contribution in [2.24, 2.45) is 13.0 Å². The molecule has 2 aliphatic carbocycles. The van der Waals surface area contributed by atoms with E-state index in [1.165, 1.54) is 5.56 Å². The highest BCUT2D eigenvalue weighted by molar-refractivity contribution is 5.56. The van der Waals surface area contributed by atoms with Crippen molar-refractivity contribution >= 4 is 5.52 Å². The van der Waals surface area contributed by atoms with Crippen molar-refractivity contribution in [1.29, 1.82) is 0 Å². The van der Waals surface area contributed by atoms with E-state index in [2.05, 4.69) is 34.6 Å². The first-order chi connectivity index (χ1) is 17.0. The van der Waals surface area contributed by atoms with Gasteiger partial charge in [-0.15, -0.1) is 10.2 Å². The van der Waals surface area contributed by atoms with Gasteiger partial charge in [-0.3, -0.25) is 14.0 Å². The molecule has 2 fully saturated rings. The number of nitrogens with zero attached hydrogens (tertiary/aromatic N) is 6. The first-order valence-corrected chi connectivity index (χ1v) is 12.4. The fraction of sp³-hybridized carbons (Fsp3) is 0.462. The normalized spacial score (nSPS) is 22.0. The van der Waals surface area contributed by atoms with Gasteiger partial charge in [-0.2, -0.15) is 0 Å². The van der Waals surface area contributed by atoms with Gasteiger partial charge in [0.05, 0.1) is 34.6 Å². The smallest absolute Gasteiger partial charge is 0.337 e. The summed E-state index contributed by atoms with van der Waals surface area (Å²) in [6, 6.07) is 8.30. The number of hydrogen-bond donors (Lipinski definition) is 2. The zero-order valence-electron chi connectivity index (χ0n) is 20.2. The molecule has 1 aromatic carbocycles. The molecule has 3 aromatic heterocycles. The van der Waals surface area contributed by atoms with E-state index in [4.69, 9.17) is 10.1 Å². The number of fused-ring (bicyclic) bond motifs is 1. The number of benzene rings is 1. The Morgan fingerprint density at radius 1 is 1.23 bits per heavy atom. The van der Waals surface area contributed by atoms with Gasteiger partial charge in [0.15, 0.2) is 0 Å². The summed E-state index contributed by atoms with van der Waals surface area (Å²) in [7, 11) is 1.99. The maximum atomic E-state index is 13.6. The molecule has 0 spiro atoms. The molecular weight excluding hydrogens is 442 g/mol. The predicted octanol–water partition coefficient (Wildman–Crippen LogP) is 2.29. The molecule has 35 heavy (non-hydrogen) atoms.